The molecule has 0 fully saturated rings. The van der Waals surface area contributed by atoms with Crippen molar-refractivity contribution in [3.8, 4) is 5.75 Å². The van der Waals surface area contributed by atoms with Crippen molar-refractivity contribution in [1.29, 1.82) is 0 Å². The first-order chi connectivity index (χ1) is 11.3. The van der Waals surface area contributed by atoms with Crippen molar-refractivity contribution >= 4 is 21.5 Å². The second-order valence-electron chi connectivity index (χ2n) is 5.27. The summed E-state index contributed by atoms with van der Waals surface area (Å²) >= 11 is 0. The van der Waals surface area contributed by atoms with Crippen molar-refractivity contribution in [3.63, 3.8) is 0 Å². The molecule has 0 bridgehead atoms. The molecule has 26 heavy (non-hydrogen) atoms. The molecule has 3 aromatic carbocycles. The van der Waals surface area contributed by atoms with E-state index in [9.17, 15) is 0 Å². The molecule has 138 valence electrons. The van der Waals surface area contributed by atoms with E-state index in [0.717, 1.165) is 12.2 Å². The van der Waals surface area contributed by atoms with E-state index in [1.165, 1.54) is 21.5 Å². The maximum absolute atomic E-state index is 5.22. The number of rotatable bonds is 1. The molecule has 1 nitrogen and oxygen atoms in total. The van der Waals surface area contributed by atoms with Crippen LogP contribution in [0.5, 0.6) is 5.75 Å². The fourth-order valence-electron chi connectivity index (χ4n) is 2.41. The molecule has 4 rings (SSSR count). The van der Waals surface area contributed by atoms with Gasteiger partial charge in [0.15, 0.2) is 0 Å². The molecule has 1 aliphatic carbocycles. The van der Waals surface area contributed by atoms with Gasteiger partial charge in [0.05, 0.1) is 12.9 Å². The predicted molar refractivity (Wildman–Crippen MR) is 101 cm³/mol. The van der Waals surface area contributed by atoms with Crippen molar-refractivity contribution in [1.82, 2.24) is 0 Å². The number of hydrogen-bond acceptors (Lipinski definition) is 1. The summed E-state index contributed by atoms with van der Waals surface area (Å²) in [6.45, 7) is 4.00. The van der Waals surface area contributed by atoms with E-state index < -0.39 is 0 Å². The van der Waals surface area contributed by atoms with Gasteiger partial charge >= 0.3 is 26.2 Å². The minimum Gasteiger partial charge on any atom is -1.00 e. The zero-order valence-corrected chi connectivity index (χ0v) is 19.3. The van der Waals surface area contributed by atoms with Crippen LogP contribution in [0.25, 0.3) is 21.5 Å². The second kappa shape index (κ2) is 15.1. The number of allylic oxidation sites excluding steroid dienone is 4. The Labute approximate surface area is 188 Å². The van der Waals surface area contributed by atoms with Gasteiger partial charge in [-0.15, -0.1) is 40.1 Å². The molecule has 0 amide bonds. The Morgan fingerprint density at radius 2 is 1.65 bits per heavy atom. The van der Waals surface area contributed by atoms with Crippen LogP contribution in [0.3, 0.4) is 0 Å². The van der Waals surface area contributed by atoms with Crippen molar-refractivity contribution < 1.29 is 55.8 Å². The SMILES string of the molecule is COc1ccc2c(c1)[cH-]c1ccccc12.C[CH-]C.[C-]1=CC=CC1.[Cl-].[Cl-].[Zr+2]. The third-order valence-corrected chi connectivity index (χ3v) is 3.41. The zero-order valence-electron chi connectivity index (χ0n) is 15.3. The van der Waals surface area contributed by atoms with E-state index in [1.807, 2.05) is 38.5 Å². The molecule has 4 heteroatoms. The summed E-state index contributed by atoms with van der Waals surface area (Å²) in [5.41, 5.74) is 0. The molecule has 0 saturated carbocycles. The van der Waals surface area contributed by atoms with E-state index >= 15 is 0 Å². The van der Waals surface area contributed by atoms with E-state index in [2.05, 4.69) is 54.6 Å². The monoisotopic (exact) mass is 463 g/mol. The largest absolute Gasteiger partial charge is 2.00 e. The molecule has 3 aromatic rings. The number of benzene rings is 2. The molecule has 0 aromatic heterocycles. The molecule has 0 spiro atoms. The first-order valence-corrected chi connectivity index (χ1v) is 7.88. The number of halogens is 2. The smallest absolute Gasteiger partial charge is 1.00 e. The fourth-order valence-corrected chi connectivity index (χ4v) is 2.41. The molecule has 0 atom stereocenters. The summed E-state index contributed by atoms with van der Waals surface area (Å²) < 4.78 is 5.22. The van der Waals surface area contributed by atoms with E-state index in [-0.39, 0.29) is 51.0 Å². The van der Waals surface area contributed by atoms with Crippen LogP contribution in [0.4, 0.5) is 0 Å². The Balaban J connectivity index is 0. The molecular weight excluding hydrogens is 442 g/mol. The molecule has 0 N–H and O–H groups in total. The van der Waals surface area contributed by atoms with Crippen molar-refractivity contribution in [3.05, 3.63) is 79.3 Å². The Morgan fingerprint density at radius 3 is 2.19 bits per heavy atom. The number of ether oxygens (including phenoxy) is 1. The summed E-state index contributed by atoms with van der Waals surface area (Å²) in [6.07, 6.45) is 12.0. The van der Waals surface area contributed by atoms with E-state index in [0.29, 0.717) is 0 Å². The fraction of sp³-hybridized carbons (Fsp3) is 0.182. The zero-order chi connectivity index (χ0) is 16.5. The van der Waals surface area contributed by atoms with Gasteiger partial charge in [0.25, 0.3) is 0 Å². The Bertz CT molecular complexity index is 796. The van der Waals surface area contributed by atoms with Gasteiger partial charge in [-0.25, -0.2) is 12.2 Å². The maximum atomic E-state index is 5.22. The maximum Gasteiger partial charge on any atom is 2.00 e. The Morgan fingerprint density at radius 1 is 1.00 bits per heavy atom. The first kappa shape index (κ1) is 27.3. The summed E-state index contributed by atoms with van der Waals surface area (Å²) in [7, 11) is 1.70. The van der Waals surface area contributed by atoms with Crippen LogP contribution < -0.4 is 29.6 Å². The summed E-state index contributed by atoms with van der Waals surface area (Å²) in [6, 6.07) is 16.9. The van der Waals surface area contributed by atoms with Crippen LogP contribution in [0, 0.1) is 12.5 Å². The molecule has 0 saturated heterocycles. The van der Waals surface area contributed by atoms with Crippen LogP contribution in [0.2, 0.25) is 0 Å². The number of methoxy groups -OCH3 is 1. The van der Waals surface area contributed by atoms with Gasteiger partial charge in [0, 0.05) is 0 Å². The average molecular weight is 466 g/mol. The van der Waals surface area contributed by atoms with Crippen LogP contribution in [0.1, 0.15) is 20.3 Å². The Kier molecular flexibility index (Phi) is 15.9. The third-order valence-electron chi connectivity index (χ3n) is 3.41. The van der Waals surface area contributed by atoms with Crippen LogP contribution in [-0.4, -0.2) is 7.11 Å². The van der Waals surface area contributed by atoms with Gasteiger partial charge in [-0.3, -0.25) is 6.08 Å². The van der Waals surface area contributed by atoms with Gasteiger partial charge in [-0.05, 0) is 6.07 Å². The molecule has 0 unspecified atom stereocenters. The van der Waals surface area contributed by atoms with E-state index in [1.54, 1.807) is 7.11 Å². The topological polar surface area (TPSA) is 9.23 Å². The van der Waals surface area contributed by atoms with Gasteiger partial charge in [-0.1, -0.05) is 30.3 Å². The number of hydrogen-bond donors (Lipinski definition) is 0. The summed E-state index contributed by atoms with van der Waals surface area (Å²) in [4.78, 5) is 0. The van der Waals surface area contributed by atoms with Gasteiger partial charge in [0.2, 0.25) is 0 Å². The molecule has 0 radical (unpaired) electrons. The normalized spacial score (nSPS) is 10.4. The van der Waals surface area contributed by atoms with Crippen LogP contribution in [-0.2, 0) is 26.2 Å². The molecule has 0 heterocycles. The number of fused-ring (bicyclic) bond motifs is 3. The minimum absolute atomic E-state index is 0. The minimum atomic E-state index is 0. The molecule has 0 aliphatic heterocycles. The predicted octanol–water partition coefficient (Wildman–Crippen LogP) is 0.262. The summed E-state index contributed by atoms with van der Waals surface area (Å²) in [5.74, 6) is 0.915. The van der Waals surface area contributed by atoms with Gasteiger partial charge in [0.1, 0.15) is 0 Å². The Hall–Kier alpha value is -0.947. The average Bonchev–Trinajstić information content (AvgIpc) is 3.26. The third kappa shape index (κ3) is 7.74. The van der Waals surface area contributed by atoms with Crippen molar-refractivity contribution in [2.75, 3.05) is 7.11 Å². The van der Waals surface area contributed by atoms with E-state index in [4.69, 9.17) is 4.74 Å². The standard InChI is InChI=1S/C14H11O.C5H5.C3H7.2ClH.Zr/c1-15-12-6-7-14-11(9-12)8-10-4-2-3-5-13(10)14;1-2-4-5-3-1;1-3-2;;;/h2-9H,1H3;1-3H,4H2;3H,1-2H3;2*1H;/q3*-1;;;+2/p-2. The van der Waals surface area contributed by atoms with Gasteiger partial charge in [-0.2, -0.15) is 19.9 Å². The van der Waals surface area contributed by atoms with Crippen LogP contribution >= 0.6 is 0 Å². The molecular formula is C22H23Cl2OZr-3. The van der Waals surface area contributed by atoms with Gasteiger partial charge < -0.3 is 36.0 Å². The van der Waals surface area contributed by atoms with Crippen molar-refractivity contribution in [2.24, 2.45) is 0 Å². The van der Waals surface area contributed by atoms with Crippen LogP contribution in [0.15, 0.2) is 66.8 Å². The second-order valence-corrected chi connectivity index (χ2v) is 5.27. The molecule has 1 aliphatic rings. The quantitative estimate of drug-likeness (QED) is 0.469. The summed E-state index contributed by atoms with van der Waals surface area (Å²) in [5, 5.41) is 5.15. The first-order valence-electron chi connectivity index (χ1n) is 7.88. The van der Waals surface area contributed by atoms with Crippen molar-refractivity contribution in [2.45, 2.75) is 20.3 Å².